The number of unbranched alkanes of at least 4 members (excludes halogenated alkanes) is 1. The summed E-state index contributed by atoms with van der Waals surface area (Å²) in [6.45, 7) is 11.2. The van der Waals surface area contributed by atoms with E-state index < -0.39 is 0 Å². The molecule has 0 aromatic rings. The highest BCUT2D eigenvalue weighted by molar-refractivity contribution is 4.66. The first-order valence-corrected chi connectivity index (χ1v) is 6.50. The molecule has 0 bridgehead atoms. The van der Waals surface area contributed by atoms with Crippen LogP contribution in [0.5, 0.6) is 0 Å². The zero-order valence-corrected chi connectivity index (χ0v) is 11.1. The minimum atomic E-state index is 0.355. The summed E-state index contributed by atoms with van der Waals surface area (Å²) in [5.41, 5.74) is 5.96. The highest BCUT2D eigenvalue weighted by Crippen LogP contribution is 2.05. The molecule has 92 valence electrons. The highest BCUT2D eigenvalue weighted by atomic mass is 14.9. The molecular weight excluding hydrogens is 184 g/mol. The largest absolute Gasteiger partial charge is 0.327 e. The normalized spacial score (nSPS) is 13.8. The second-order valence-electron chi connectivity index (χ2n) is 5.34. The molecule has 0 aromatic carbocycles. The Balaban J connectivity index is 3.11. The lowest BCUT2D eigenvalue weighted by Crippen LogP contribution is -2.31. The number of rotatable bonds is 9. The van der Waals surface area contributed by atoms with Crippen molar-refractivity contribution in [2.45, 2.75) is 59.4 Å². The highest BCUT2D eigenvalue weighted by Gasteiger charge is 2.05. The summed E-state index contributed by atoms with van der Waals surface area (Å²) < 4.78 is 0. The molecular formula is C13H30N2. The quantitative estimate of drug-likeness (QED) is 0.579. The van der Waals surface area contributed by atoms with Crippen molar-refractivity contribution < 1.29 is 0 Å². The van der Waals surface area contributed by atoms with Crippen LogP contribution in [0, 0.1) is 11.8 Å². The van der Waals surface area contributed by atoms with E-state index in [1.165, 1.54) is 19.3 Å². The van der Waals surface area contributed by atoms with Gasteiger partial charge < -0.3 is 11.1 Å². The van der Waals surface area contributed by atoms with E-state index in [1.807, 2.05) is 0 Å². The van der Waals surface area contributed by atoms with Crippen molar-refractivity contribution in [3.8, 4) is 0 Å². The maximum absolute atomic E-state index is 5.96. The molecule has 0 amide bonds. The fourth-order valence-electron chi connectivity index (χ4n) is 1.53. The second-order valence-corrected chi connectivity index (χ2v) is 5.34. The van der Waals surface area contributed by atoms with E-state index in [0.717, 1.165) is 25.4 Å². The molecule has 2 nitrogen and oxygen atoms in total. The summed E-state index contributed by atoms with van der Waals surface area (Å²) in [6.07, 6.45) is 5.10. The molecule has 0 aliphatic heterocycles. The van der Waals surface area contributed by atoms with Crippen molar-refractivity contribution in [1.82, 2.24) is 5.32 Å². The van der Waals surface area contributed by atoms with Crippen LogP contribution in [0.15, 0.2) is 0 Å². The van der Waals surface area contributed by atoms with E-state index in [0.29, 0.717) is 12.0 Å². The summed E-state index contributed by atoms with van der Waals surface area (Å²) >= 11 is 0. The molecule has 1 unspecified atom stereocenters. The molecule has 0 aliphatic rings. The zero-order valence-electron chi connectivity index (χ0n) is 11.1. The summed E-state index contributed by atoms with van der Waals surface area (Å²) in [7, 11) is 0. The Bertz CT molecular complexity index is 132. The maximum Gasteiger partial charge on any atom is 0.00739 e. The number of hydrogen-bond donors (Lipinski definition) is 2. The average Bonchev–Trinajstić information content (AvgIpc) is 2.15. The minimum Gasteiger partial charge on any atom is -0.327 e. The van der Waals surface area contributed by atoms with Gasteiger partial charge in [0.25, 0.3) is 0 Å². The van der Waals surface area contributed by atoms with Gasteiger partial charge in [0, 0.05) is 6.04 Å². The third-order valence-corrected chi connectivity index (χ3v) is 2.90. The van der Waals surface area contributed by atoms with Gasteiger partial charge in [0.15, 0.2) is 0 Å². The molecule has 2 heteroatoms. The van der Waals surface area contributed by atoms with Gasteiger partial charge >= 0.3 is 0 Å². The van der Waals surface area contributed by atoms with Crippen LogP contribution in [0.1, 0.15) is 53.4 Å². The molecule has 0 saturated heterocycles. The molecule has 0 rings (SSSR count). The van der Waals surface area contributed by atoms with Crippen LogP contribution in [-0.4, -0.2) is 19.1 Å². The molecule has 0 aromatic heterocycles. The van der Waals surface area contributed by atoms with Crippen LogP contribution in [0.25, 0.3) is 0 Å². The van der Waals surface area contributed by atoms with Crippen LogP contribution in [0.3, 0.4) is 0 Å². The van der Waals surface area contributed by atoms with E-state index in [9.17, 15) is 0 Å². The summed E-state index contributed by atoms with van der Waals surface area (Å²) in [5, 5.41) is 3.46. The predicted molar refractivity (Wildman–Crippen MR) is 69.0 cm³/mol. The average molecular weight is 214 g/mol. The van der Waals surface area contributed by atoms with Crippen LogP contribution < -0.4 is 11.1 Å². The lowest BCUT2D eigenvalue weighted by atomic mass is 10.0. The van der Waals surface area contributed by atoms with Crippen LogP contribution in [0.2, 0.25) is 0 Å². The van der Waals surface area contributed by atoms with E-state index in [-0.39, 0.29) is 0 Å². The Hall–Kier alpha value is -0.0800. The van der Waals surface area contributed by atoms with E-state index >= 15 is 0 Å². The third-order valence-electron chi connectivity index (χ3n) is 2.90. The maximum atomic E-state index is 5.96. The van der Waals surface area contributed by atoms with Crippen molar-refractivity contribution in [3.05, 3.63) is 0 Å². The molecule has 0 radical (unpaired) electrons. The molecule has 0 spiro atoms. The Morgan fingerprint density at radius 2 is 1.60 bits per heavy atom. The first-order chi connectivity index (χ1) is 7.04. The van der Waals surface area contributed by atoms with Crippen LogP contribution >= 0.6 is 0 Å². The number of nitrogens with one attached hydrogen (secondary N) is 1. The fraction of sp³-hybridized carbons (Fsp3) is 1.00. The number of hydrogen-bond acceptors (Lipinski definition) is 2. The van der Waals surface area contributed by atoms with Crippen LogP contribution in [0.4, 0.5) is 0 Å². The molecule has 0 fully saturated rings. The lowest BCUT2D eigenvalue weighted by molar-refractivity contribution is 0.444. The molecule has 0 saturated carbocycles. The minimum absolute atomic E-state index is 0.355. The van der Waals surface area contributed by atoms with E-state index in [2.05, 4.69) is 33.0 Å². The third kappa shape index (κ3) is 10.2. The standard InChI is InChI=1S/C13H30N2/c1-11(2)7-5-6-9-15-10-8-13(14)12(3)4/h11-13,15H,5-10,14H2,1-4H3. The second kappa shape index (κ2) is 9.17. The van der Waals surface area contributed by atoms with Gasteiger partial charge in [0.2, 0.25) is 0 Å². The van der Waals surface area contributed by atoms with Gasteiger partial charge in [0.1, 0.15) is 0 Å². The van der Waals surface area contributed by atoms with Crippen molar-refractivity contribution in [2.75, 3.05) is 13.1 Å². The summed E-state index contributed by atoms with van der Waals surface area (Å²) in [6, 6.07) is 0.355. The van der Waals surface area contributed by atoms with E-state index in [1.54, 1.807) is 0 Å². The summed E-state index contributed by atoms with van der Waals surface area (Å²) in [4.78, 5) is 0. The Morgan fingerprint density at radius 1 is 0.933 bits per heavy atom. The molecule has 0 aliphatic carbocycles. The molecule has 0 heterocycles. The fourth-order valence-corrected chi connectivity index (χ4v) is 1.53. The van der Waals surface area contributed by atoms with Crippen molar-refractivity contribution in [1.29, 1.82) is 0 Å². The molecule has 3 N–H and O–H groups in total. The Kier molecular flexibility index (Phi) is 9.12. The van der Waals surface area contributed by atoms with Gasteiger partial charge in [-0.1, -0.05) is 40.5 Å². The SMILES string of the molecule is CC(C)CCCCNCCC(N)C(C)C. The van der Waals surface area contributed by atoms with Gasteiger partial charge in [-0.2, -0.15) is 0 Å². The molecule has 15 heavy (non-hydrogen) atoms. The first kappa shape index (κ1) is 14.9. The molecule has 1 atom stereocenters. The van der Waals surface area contributed by atoms with Crippen molar-refractivity contribution in [3.63, 3.8) is 0 Å². The summed E-state index contributed by atoms with van der Waals surface area (Å²) in [5.74, 6) is 1.45. The van der Waals surface area contributed by atoms with Crippen molar-refractivity contribution in [2.24, 2.45) is 17.6 Å². The van der Waals surface area contributed by atoms with Crippen molar-refractivity contribution >= 4 is 0 Å². The van der Waals surface area contributed by atoms with Crippen LogP contribution in [-0.2, 0) is 0 Å². The first-order valence-electron chi connectivity index (χ1n) is 6.50. The van der Waals surface area contributed by atoms with Gasteiger partial charge in [-0.3, -0.25) is 0 Å². The number of nitrogens with two attached hydrogens (primary N) is 1. The topological polar surface area (TPSA) is 38.0 Å². The van der Waals surface area contributed by atoms with Gasteiger partial charge in [0.05, 0.1) is 0 Å². The Labute approximate surface area is 96.0 Å². The lowest BCUT2D eigenvalue weighted by Gasteiger charge is -2.15. The van der Waals surface area contributed by atoms with Gasteiger partial charge in [-0.25, -0.2) is 0 Å². The van der Waals surface area contributed by atoms with E-state index in [4.69, 9.17) is 5.73 Å². The predicted octanol–water partition coefficient (Wildman–Crippen LogP) is 2.78. The Morgan fingerprint density at radius 3 is 2.13 bits per heavy atom. The van der Waals surface area contributed by atoms with Gasteiger partial charge in [-0.05, 0) is 37.8 Å². The monoisotopic (exact) mass is 214 g/mol. The zero-order chi connectivity index (χ0) is 11.7. The smallest absolute Gasteiger partial charge is 0.00739 e. The van der Waals surface area contributed by atoms with Gasteiger partial charge in [-0.15, -0.1) is 0 Å².